The number of fused-ring (bicyclic) bond motifs is 1. The Hall–Kier alpha value is -1.92. The normalized spacial score (nSPS) is 21.0. The van der Waals surface area contributed by atoms with Crippen molar-refractivity contribution >= 4 is 16.7 Å². The van der Waals surface area contributed by atoms with Crippen molar-refractivity contribution in [3.8, 4) is 0 Å². The number of nitrogens with one attached hydrogen (secondary N) is 2. The van der Waals surface area contributed by atoms with E-state index < -0.39 is 0 Å². The number of piperidine rings is 1. The minimum atomic E-state index is 0.735. The van der Waals surface area contributed by atoms with E-state index in [1.807, 2.05) is 6.07 Å². The lowest BCUT2D eigenvalue weighted by atomic mass is 10.0. The van der Waals surface area contributed by atoms with Crippen LogP contribution < -0.4 is 5.32 Å². The molecule has 6 heteroatoms. The van der Waals surface area contributed by atoms with E-state index >= 15 is 0 Å². The zero-order valence-corrected chi connectivity index (χ0v) is 13.5. The monoisotopic (exact) mass is 312 g/mol. The minimum Gasteiger partial charge on any atom is -0.371 e. The molecule has 0 spiro atoms. The number of benzene rings is 1. The fraction of sp³-hybridized carbons (Fsp3) is 0.529. The van der Waals surface area contributed by atoms with Gasteiger partial charge in [-0.25, -0.2) is 0 Å². The molecule has 0 radical (unpaired) electrons. The fourth-order valence-corrected chi connectivity index (χ4v) is 3.75. The van der Waals surface area contributed by atoms with Gasteiger partial charge >= 0.3 is 0 Å². The van der Waals surface area contributed by atoms with Gasteiger partial charge in [0.1, 0.15) is 5.52 Å². The zero-order valence-electron chi connectivity index (χ0n) is 13.5. The molecule has 122 valence electrons. The van der Waals surface area contributed by atoms with Crippen LogP contribution in [0.5, 0.6) is 0 Å². The number of H-pyrrole nitrogens is 1. The Bertz CT molecular complexity index is 679. The van der Waals surface area contributed by atoms with Gasteiger partial charge in [0.2, 0.25) is 0 Å². The molecule has 3 heterocycles. The second-order valence-electron chi connectivity index (χ2n) is 6.49. The van der Waals surface area contributed by atoms with E-state index in [4.69, 9.17) is 0 Å². The number of hydrogen-bond donors (Lipinski definition) is 2. The van der Waals surface area contributed by atoms with Crippen LogP contribution in [0.2, 0.25) is 0 Å². The molecule has 2 aliphatic rings. The molecule has 2 fully saturated rings. The Kier molecular flexibility index (Phi) is 4.01. The molecule has 0 unspecified atom stereocenters. The fourth-order valence-electron chi connectivity index (χ4n) is 3.75. The highest BCUT2D eigenvalue weighted by Crippen LogP contribution is 2.25. The Balaban J connectivity index is 1.40. The highest BCUT2D eigenvalue weighted by atomic mass is 15.3. The molecule has 4 rings (SSSR count). The summed E-state index contributed by atoms with van der Waals surface area (Å²) in [5.41, 5.74) is 4.12. The second-order valence-corrected chi connectivity index (χ2v) is 6.49. The van der Waals surface area contributed by atoms with Crippen LogP contribution in [0.1, 0.15) is 18.4 Å². The highest BCUT2D eigenvalue weighted by Gasteiger charge is 2.26. The first-order valence-corrected chi connectivity index (χ1v) is 8.51. The molecule has 2 N–H and O–H groups in total. The van der Waals surface area contributed by atoms with Crippen molar-refractivity contribution in [1.82, 2.24) is 30.5 Å². The van der Waals surface area contributed by atoms with Gasteiger partial charge in [-0.1, -0.05) is 17.9 Å². The molecule has 0 amide bonds. The number of piperazine rings is 1. The Morgan fingerprint density at radius 2 is 1.91 bits per heavy atom. The van der Waals surface area contributed by atoms with Crippen LogP contribution in [0.25, 0.3) is 16.7 Å². The van der Waals surface area contributed by atoms with Gasteiger partial charge in [0.25, 0.3) is 0 Å². The summed E-state index contributed by atoms with van der Waals surface area (Å²) >= 11 is 0. The predicted octanol–water partition coefficient (Wildman–Crippen LogP) is 1.30. The van der Waals surface area contributed by atoms with Gasteiger partial charge in [0, 0.05) is 51.0 Å². The molecule has 0 aliphatic carbocycles. The van der Waals surface area contributed by atoms with E-state index in [0.29, 0.717) is 0 Å². The van der Waals surface area contributed by atoms with Gasteiger partial charge < -0.3 is 10.2 Å². The van der Waals surface area contributed by atoms with Crippen molar-refractivity contribution in [2.24, 2.45) is 0 Å². The third-order valence-corrected chi connectivity index (χ3v) is 5.17. The van der Waals surface area contributed by atoms with E-state index in [-0.39, 0.29) is 0 Å². The Morgan fingerprint density at radius 1 is 1.13 bits per heavy atom. The number of aromatic nitrogens is 3. The molecular formula is C17H24N6. The number of hydrogen-bond acceptors (Lipinski definition) is 5. The summed E-state index contributed by atoms with van der Waals surface area (Å²) in [5, 5.41) is 14.3. The first-order chi connectivity index (χ1) is 11.3. The average Bonchev–Trinajstić information content (AvgIpc) is 3.10. The zero-order chi connectivity index (χ0) is 15.6. The van der Waals surface area contributed by atoms with E-state index in [2.05, 4.69) is 49.2 Å². The van der Waals surface area contributed by atoms with E-state index in [1.165, 1.54) is 25.9 Å². The number of rotatable bonds is 3. The summed E-state index contributed by atoms with van der Waals surface area (Å²) in [6.45, 7) is 11.1. The van der Waals surface area contributed by atoms with Gasteiger partial charge in [-0.05, 0) is 30.5 Å². The smallest absolute Gasteiger partial charge is 0.113 e. The molecule has 1 aromatic carbocycles. The maximum Gasteiger partial charge on any atom is 0.113 e. The molecular weight excluding hydrogens is 288 g/mol. The minimum absolute atomic E-state index is 0.735. The van der Waals surface area contributed by atoms with Crippen molar-refractivity contribution in [2.45, 2.75) is 18.9 Å². The molecule has 0 saturated carbocycles. The number of nitrogens with zero attached hydrogens (tertiary/aromatic N) is 4. The van der Waals surface area contributed by atoms with Gasteiger partial charge in [0.05, 0.1) is 5.52 Å². The molecule has 0 bridgehead atoms. The second kappa shape index (κ2) is 6.29. The molecule has 6 nitrogen and oxygen atoms in total. The maximum atomic E-state index is 4.32. The molecule has 2 saturated heterocycles. The quantitative estimate of drug-likeness (QED) is 0.894. The summed E-state index contributed by atoms with van der Waals surface area (Å²) in [6.07, 6.45) is 2.45. The highest BCUT2D eigenvalue weighted by molar-refractivity contribution is 5.79. The number of likely N-dealkylation sites (tertiary alicyclic amines) is 1. The molecule has 0 atom stereocenters. The lowest BCUT2D eigenvalue weighted by Crippen LogP contribution is -2.51. The van der Waals surface area contributed by atoms with Crippen LogP contribution in [0.3, 0.4) is 0 Å². The van der Waals surface area contributed by atoms with Gasteiger partial charge in [0.15, 0.2) is 0 Å². The lowest BCUT2D eigenvalue weighted by molar-refractivity contribution is 0.119. The largest absolute Gasteiger partial charge is 0.371 e. The first-order valence-electron chi connectivity index (χ1n) is 8.51. The van der Waals surface area contributed by atoms with Gasteiger partial charge in [-0.3, -0.25) is 10.00 Å². The summed E-state index contributed by atoms with van der Waals surface area (Å²) < 4.78 is 0. The van der Waals surface area contributed by atoms with Crippen LogP contribution in [0, 0.1) is 0 Å². The molecule has 2 aliphatic heterocycles. The predicted molar refractivity (Wildman–Crippen MR) is 92.0 cm³/mol. The molecule has 1 aromatic heterocycles. The summed E-state index contributed by atoms with van der Waals surface area (Å²) in [7, 11) is 0. The van der Waals surface area contributed by atoms with Crippen molar-refractivity contribution in [2.75, 3.05) is 39.3 Å². The van der Waals surface area contributed by atoms with Crippen molar-refractivity contribution in [3.05, 3.63) is 30.3 Å². The van der Waals surface area contributed by atoms with Crippen molar-refractivity contribution < 1.29 is 0 Å². The van der Waals surface area contributed by atoms with Crippen LogP contribution in [-0.4, -0.2) is 70.5 Å². The first kappa shape index (κ1) is 14.7. The van der Waals surface area contributed by atoms with Crippen LogP contribution in [0.15, 0.2) is 24.8 Å². The summed E-state index contributed by atoms with van der Waals surface area (Å²) in [4.78, 5) is 5.07. The van der Waals surface area contributed by atoms with E-state index in [9.17, 15) is 0 Å². The van der Waals surface area contributed by atoms with Crippen molar-refractivity contribution in [3.63, 3.8) is 0 Å². The van der Waals surface area contributed by atoms with Gasteiger partial charge in [-0.2, -0.15) is 0 Å². The molecule has 23 heavy (non-hydrogen) atoms. The SMILES string of the molecule is C=C(c1ccc2[nH]nnc2c1)N1CCC(N2CCNCC2)CC1. The van der Waals surface area contributed by atoms with Crippen LogP contribution >= 0.6 is 0 Å². The average molecular weight is 312 g/mol. The number of aromatic amines is 1. The summed E-state index contributed by atoms with van der Waals surface area (Å²) in [5.74, 6) is 0. The van der Waals surface area contributed by atoms with Crippen LogP contribution in [0.4, 0.5) is 0 Å². The maximum absolute atomic E-state index is 4.32. The van der Waals surface area contributed by atoms with Gasteiger partial charge in [-0.15, -0.1) is 5.10 Å². The third-order valence-electron chi connectivity index (χ3n) is 5.17. The topological polar surface area (TPSA) is 60.1 Å². The third kappa shape index (κ3) is 2.96. The van der Waals surface area contributed by atoms with Crippen LogP contribution in [-0.2, 0) is 0 Å². The molecule has 2 aromatic rings. The van der Waals surface area contributed by atoms with Crippen molar-refractivity contribution in [1.29, 1.82) is 0 Å². The van der Waals surface area contributed by atoms with E-state index in [1.54, 1.807) is 0 Å². The summed E-state index contributed by atoms with van der Waals surface area (Å²) in [6, 6.07) is 6.94. The standard InChI is InChI=1S/C17H24N6/c1-13(14-2-3-16-17(12-14)20-21-19-16)22-8-4-15(5-9-22)23-10-6-18-7-11-23/h2-3,12,15,18H,1,4-11H2,(H,19,20,21). The van der Waals surface area contributed by atoms with E-state index in [0.717, 1.165) is 54.5 Å². The lowest BCUT2D eigenvalue weighted by Gasteiger charge is -2.41. The Morgan fingerprint density at radius 3 is 2.70 bits per heavy atom. The Labute approximate surface area is 136 Å².